The molecule has 0 aromatic heterocycles. The van der Waals surface area contributed by atoms with E-state index in [9.17, 15) is 4.79 Å². The summed E-state index contributed by atoms with van der Waals surface area (Å²) in [5, 5.41) is 0. The van der Waals surface area contributed by atoms with E-state index in [0.29, 0.717) is 10.7 Å². The average Bonchev–Trinajstić information content (AvgIpc) is 2.07. The van der Waals surface area contributed by atoms with Gasteiger partial charge in [0.25, 0.3) is 0 Å². The Kier molecular flexibility index (Phi) is 1.48. The SMILES string of the molecule is C=C1C(=S)N(C)C(=O)N1C. The molecule has 0 bridgehead atoms. The second-order valence-corrected chi connectivity index (χ2v) is 2.54. The van der Waals surface area contributed by atoms with E-state index in [4.69, 9.17) is 12.2 Å². The van der Waals surface area contributed by atoms with Crippen LogP contribution in [0.3, 0.4) is 0 Å². The Morgan fingerprint density at radius 3 is 2.00 bits per heavy atom. The number of urea groups is 1. The van der Waals surface area contributed by atoms with Crippen LogP contribution in [0.15, 0.2) is 12.3 Å². The molecule has 1 fully saturated rings. The molecule has 0 saturated carbocycles. The maximum absolute atomic E-state index is 11.0. The van der Waals surface area contributed by atoms with Crippen molar-refractivity contribution in [1.29, 1.82) is 0 Å². The maximum Gasteiger partial charge on any atom is 0.329 e. The average molecular weight is 156 g/mol. The fourth-order valence-electron chi connectivity index (χ4n) is 0.764. The zero-order valence-electron chi connectivity index (χ0n) is 5.92. The standard InChI is InChI=1S/C6H8N2OS/c1-4-5(10)8(3)6(9)7(4)2/h1H2,2-3H3. The summed E-state index contributed by atoms with van der Waals surface area (Å²) in [6.45, 7) is 3.64. The van der Waals surface area contributed by atoms with Gasteiger partial charge in [-0.3, -0.25) is 9.80 Å². The lowest BCUT2D eigenvalue weighted by Crippen LogP contribution is -2.26. The zero-order chi connectivity index (χ0) is 7.89. The van der Waals surface area contributed by atoms with Crippen LogP contribution < -0.4 is 0 Å². The summed E-state index contributed by atoms with van der Waals surface area (Å²) in [6, 6.07) is -0.116. The number of thiocarbonyl (C=S) groups is 1. The Hall–Kier alpha value is -0.900. The van der Waals surface area contributed by atoms with E-state index in [2.05, 4.69) is 6.58 Å². The molecular formula is C6H8N2OS. The first-order valence-corrected chi connectivity index (χ1v) is 3.21. The molecule has 1 aliphatic heterocycles. The van der Waals surface area contributed by atoms with Crippen LogP contribution in [0.5, 0.6) is 0 Å². The quantitative estimate of drug-likeness (QED) is 0.383. The monoisotopic (exact) mass is 156 g/mol. The van der Waals surface area contributed by atoms with Crippen LogP contribution in [0.1, 0.15) is 0 Å². The van der Waals surface area contributed by atoms with Gasteiger partial charge in [-0.2, -0.15) is 0 Å². The fourth-order valence-corrected chi connectivity index (χ4v) is 0.979. The summed E-state index contributed by atoms with van der Waals surface area (Å²) >= 11 is 4.88. The molecule has 0 radical (unpaired) electrons. The Labute approximate surface area is 64.9 Å². The van der Waals surface area contributed by atoms with Crippen molar-refractivity contribution in [3.05, 3.63) is 12.3 Å². The van der Waals surface area contributed by atoms with Crippen molar-refractivity contribution in [2.45, 2.75) is 0 Å². The molecular weight excluding hydrogens is 148 g/mol. The Morgan fingerprint density at radius 2 is 1.90 bits per heavy atom. The van der Waals surface area contributed by atoms with E-state index in [0.717, 1.165) is 0 Å². The fraction of sp³-hybridized carbons (Fsp3) is 0.333. The summed E-state index contributed by atoms with van der Waals surface area (Å²) in [6.07, 6.45) is 0. The van der Waals surface area contributed by atoms with Gasteiger partial charge in [-0.1, -0.05) is 18.8 Å². The van der Waals surface area contributed by atoms with Crippen molar-refractivity contribution in [1.82, 2.24) is 9.80 Å². The second-order valence-electron chi connectivity index (χ2n) is 2.15. The first kappa shape index (κ1) is 7.21. The third-order valence-electron chi connectivity index (χ3n) is 1.53. The Morgan fingerprint density at radius 1 is 1.40 bits per heavy atom. The molecule has 4 heteroatoms. The van der Waals surface area contributed by atoms with Crippen molar-refractivity contribution in [3.8, 4) is 0 Å². The number of carbonyl (C=O) groups excluding carboxylic acids is 1. The topological polar surface area (TPSA) is 23.6 Å². The molecule has 0 spiro atoms. The van der Waals surface area contributed by atoms with Crippen LogP contribution in [-0.4, -0.2) is 34.9 Å². The van der Waals surface area contributed by atoms with E-state index in [1.165, 1.54) is 9.80 Å². The first-order valence-electron chi connectivity index (χ1n) is 2.80. The Bertz CT molecular complexity index is 202. The third kappa shape index (κ3) is 0.724. The van der Waals surface area contributed by atoms with E-state index in [-0.39, 0.29) is 6.03 Å². The maximum atomic E-state index is 11.0. The van der Waals surface area contributed by atoms with E-state index < -0.39 is 0 Å². The minimum atomic E-state index is -0.116. The summed E-state index contributed by atoms with van der Waals surface area (Å²) in [7, 11) is 3.29. The van der Waals surface area contributed by atoms with Gasteiger partial charge in [-0.05, 0) is 0 Å². The van der Waals surface area contributed by atoms with Crippen molar-refractivity contribution in [2.24, 2.45) is 0 Å². The molecule has 1 aliphatic rings. The largest absolute Gasteiger partial charge is 0.329 e. The smallest absolute Gasteiger partial charge is 0.295 e. The second kappa shape index (κ2) is 2.05. The normalized spacial score (nSPS) is 19.2. The molecule has 1 saturated heterocycles. The Balaban J connectivity index is 3.00. The van der Waals surface area contributed by atoms with Gasteiger partial charge in [0.15, 0.2) is 0 Å². The van der Waals surface area contributed by atoms with Crippen LogP contribution >= 0.6 is 12.2 Å². The van der Waals surface area contributed by atoms with Crippen molar-refractivity contribution < 1.29 is 4.79 Å². The first-order chi connectivity index (χ1) is 4.55. The van der Waals surface area contributed by atoms with Crippen molar-refractivity contribution in [2.75, 3.05) is 14.1 Å². The summed E-state index contributed by atoms with van der Waals surface area (Å²) in [5.74, 6) is 0. The van der Waals surface area contributed by atoms with Gasteiger partial charge in [0.05, 0.1) is 5.70 Å². The number of amides is 2. The van der Waals surface area contributed by atoms with Crippen LogP contribution in [0, 0.1) is 0 Å². The highest BCUT2D eigenvalue weighted by atomic mass is 32.1. The number of rotatable bonds is 0. The molecule has 2 amide bonds. The number of carbonyl (C=O) groups is 1. The minimum Gasteiger partial charge on any atom is -0.295 e. The highest BCUT2D eigenvalue weighted by Crippen LogP contribution is 2.15. The lowest BCUT2D eigenvalue weighted by molar-refractivity contribution is 0.213. The van der Waals surface area contributed by atoms with Crippen LogP contribution in [-0.2, 0) is 0 Å². The molecule has 0 aromatic carbocycles. The van der Waals surface area contributed by atoms with Crippen LogP contribution in [0.25, 0.3) is 0 Å². The summed E-state index contributed by atoms with van der Waals surface area (Å²) in [5.41, 5.74) is 0.600. The summed E-state index contributed by atoms with van der Waals surface area (Å²) < 4.78 is 0. The van der Waals surface area contributed by atoms with E-state index in [1.54, 1.807) is 14.1 Å². The molecule has 1 heterocycles. The van der Waals surface area contributed by atoms with E-state index >= 15 is 0 Å². The predicted molar refractivity (Wildman–Crippen MR) is 42.7 cm³/mol. The minimum absolute atomic E-state index is 0.116. The molecule has 0 atom stereocenters. The van der Waals surface area contributed by atoms with Crippen LogP contribution in [0.4, 0.5) is 4.79 Å². The van der Waals surface area contributed by atoms with Gasteiger partial charge in [0.1, 0.15) is 4.99 Å². The van der Waals surface area contributed by atoms with Gasteiger partial charge >= 0.3 is 6.03 Å². The molecule has 0 aliphatic carbocycles. The molecule has 0 aromatic rings. The number of hydrogen-bond acceptors (Lipinski definition) is 2. The highest BCUT2D eigenvalue weighted by molar-refractivity contribution is 7.80. The van der Waals surface area contributed by atoms with Crippen molar-refractivity contribution >= 4 is 23.2 Å². The lowest BCUT2D eigenvalue weighted by Gasteiger charge is -2.06. The lowest BCUT2D eigenvalue weighted by atomic mass is 10.5. The zero-order valence-corrected chi connectivity index (χ0v) is 6.73. The highest BCUT2D eigenvalue weighted by Gasteiger charge is 2.30. The van der Waals surface area contributed by atoms with Gasteiger partial charge in [0, 0.05) is 14.1 Å². The van der Waals surface area contributed by atoms with Crippen molar-refractivity contribution in [3.63, 3.8) is 0 Å². The molecule has 54 valence electrons. The van der Waals surface area contributed by atoms with Gasteiger partial charge < -0.3 is 0 Å². The summed E-state index contributed by atoms with van der Waals surface area (Å²) in [4.78, 5) is 14.4. The number of nitrogens with zero attached hydrogens (tertiary/aromatic N) is 2. The predicted octanol–water partition coefficient (Wildman–Crippen LogP) is 0.825. The number of hydrogen-bond donors (Lipinski definition) is 0. The molecule has 3 nitrogen and oxygen atoms in total. The van der Waals surface area contributed by atoms with Crippen LogP contribution in [0.2, 0.25) is 0 Å². The van der Waals surface area contributed by atoms with E-state index in [1.807, 2.05) is 0 Å². The molecule has 0 unspecified atom stereocenters. The number of likely N-dealkylation sites (N-methyl/N-ethyl adjacent to an activating group) is 2. The third-order valence-corrected chi connectivity index (χ3v) is 2.04. The molecule has 1 rings (SSSR count). The van der Waals surface area contributed by atoms with Gasteiger partial charge in [0.2, 0.25) is 0 Å². The van der Waals surface area contributed by atoms with Gasteiger partial charge in [-0.25, -0.2) is 4.79 Å². The molecule has 10 heavy (non-hydrogen) atoms. The van der Waals surface area contributed by atoms with Gasteiger partial charge in [-0.15, -0.1) is 0 Å². The molecule has 0 N–H and O–H groups in total.